The minimum absolute atomic E-state index is 0.0409. The number of carboxylic acid groups (broad SMARTS) is 1. The van der Waals surface area contributed by atoms with Crippen molar-refractivity contribution in [2.24, 2.45) is 11.7 Å². The number of nitrogens with one attached hydrogen (secondary N) is 3. The van der Waals surface area contributed by atoms with Gasteiger partial charge in [0.2, 0.25) is 17.7 Å². The van der Waals surface area contributed by atoms with E-state index < -0.39 is 60.6 Å². The van der Waals surface area contributed by atoms with Crippen molar-refractivity contribution in [1.82, 2.24) is 16.0 Å². The van der Waals surface area contributed by atoms with E-state index in [1.165, 1.54) is 6.92 Å². The van der Waals surface area contributed by atoms with Crippen molar-refractivity contribution in [1.29, 1.82) is 0 Å². The topological polar surface area (TPSA) is 191 Å². The number of benzene rings is 1. The number of hydrogen-bond donors (Lipinski definition) is 7. The van der Waals surface area contributed by atoms with E-state index in [-0.39, 0.29) is 18.8 Å². The third kappa shape index (κ3) is 9.56. The molecule has 1 aromatic rings. The van der Waals surface area contributed by atoms with Crippen molar-refractivity contribution < 1.29 is 34.5 Å². The van der Waals surface area contributed by atoms with E-state index in [1.54, 1.807) is 30.3 Å². The maximum absolute atomic E-state index is 12.9. The predicted molar refractivity (Wildman–Crippen MR) is 120 cm³/mol. The van der Waals surface area contributed by atoms with Crippen LogP contribution < -0.4 is 21.7 Å². The van der Waals surface area contributed by atoms with Gasteiger partial charge in [0.15, 0.2) is 0 Å². The van der Waals surface area contributed by atoms with Crippen LogP contribution in [0.5, 0.6) is 0 Å². The van der Waals surface area contributed by atoms with E-state index in [9.17, 15) is 29.4 Å². The molecule has 0 bridgehead atoms. The Bertz CT molecular complexity index is 801. The first kappa shape index (κ1) is 28.0. The molecule has 0 radical (unpaired) electrons. The van der Waals surface area contributed by atoms with E-state index in [2.05, 4.69) is 16.0 Å². The molecule has 0 aliphatic heterocycles. The second-order valence-electron chi connectivity index (χ2n) is 8.30. The second-order valence-corrected chi connectivity index (χ2v) is 8.30. The number of aliphatic hydroxyl groups excluding tert-OH is 2. The molecule has 5 unspecified atom stereocenters. The maximum atomic E-state index is 12.9. The van der Waals surface area contributed by atoms with Crippen molar-refractivity contribution >= 4 is 23.7 Å². The first-order valence-corrected chi connectivity index (χ1v) is 10.7. The van der Waals surface area contributed by atoms with Gasteiger partial charge in [0.05, 0.1) is 12.7 Å². The zero-order chi connectivity index (χ0) is 25.1. The molecule has 0 heterocycles. The van der Waals surface area contributed by atoms with E-state index in [1.807, 2.05) is 13.8 Å². The SMILES string of the molecule is CC(C)CC(NC(=O)C(NC(=O)C(N)CO)C(C)O)C(=O)NC(Cc1ccccc1)C(=O)O. The van der Waals surface area contributed by atoms with Crippen LogP contribution in [0.2, 0.25) is 0 Å². The Kier molecular flexibility index (Phi) is 11.5. The minimum atomic E-state index is -1.43. The summed E-state index contributed by atoms with van der Waals surface area (Å²) in [6.45, 7) is 4.25. The maximum Gasteiger partial charge on any atom is 0.326 e. The zero-order valence-corrected chi connectivity index (χ0v) is 19.0. The number of carboxylic acids is 1. The average molecular weight is 467 g/mol. The molecule has 0 saturated carbocycles. The molecule has 1 aromatic carbocycles. The molecule has 0 aromatic heterocycles. The molecule has 0 spiro atoms. The third-order valence-electron chi connectivity index (χ3n) is 4.83. The van der Waals surface area contributed by atoms with Gasteiger partial charge < -0.3 is 37.0 Å². The van der Waals surface area contributed by atoms with Crippen LogP contribution in [0.25, 0.3) is 0 Å². The Labute approximate surface area is 192 Å². The van der Waals surface area contributed by atoms with E-state index in [0.717, 1.165) is 0 Å². The molecule has 0 saturated heterocycles. The lowest BCUT2D eigenvalue weighted by atomic mass is 10.0. The normalized spacial score (nSPS) is 15.6. The molecule has 0 aliphatic carbocycles. The molecule has 33 heavy (non-hydrogen) atoms. The summed E-state index contributed by atoms with van der Waals surface area (Å²) in [6, 6.07) is 3.72. The van der Waals surface area contributed by atoms with Crippen molar-refractivity contribution in [3.63, 3.8) is 0 Å². The fourth-order valence-corrected chi connectivity index (χ4v) is 3.04. The Morgan fingerprint density at radius 1 is 0.909 bits per heavy atom. The monoisotopic (exact) mass is 466 g/mol. The first-order chi connectivity index (χ1) is 15.5. The first-order valence-electron chi connectivity index (χ1n) is 10.7. The minimum Gasteiger partial charge on any atom is -0.480 e. The molecule has 0 fully saturated rings. The van der Waals surface area contributed by atoms with Gasteiger partial charge in [0, 0.05) is 6.42 Å². The van der Waals surface area contributed by atoms with Gasteiger partial charge in [-0.1, -0.05) is 44.2 Å². The van der Waals surface area contributed by atoms with Crippen LogP contribution in [-0.2, 0) is 25.6 Å². The van der Waals surface area contributed by atoms with Crippen molar-refractivity contribution in [3.05, 3.63) is 35.9 Å². The van der Waals surface area contributed by atoms with Gasteiger partial charge in [-0.25, -0.2) is 4.79 Å². The summed E-state index contributed by atoms with van der Waals surface area (Å²) in [4.78, 5) is 49.3. The van der Waals surface area contributed by atoms with E-state index >= 15 is 0 Å². The van der Waals surface area contributed by atoms with Crippen LogP contribution in [0.3, 0.4) is 0 Å². The molecule has 11 heteroatoms. The highest BCUT2D eigenvalue weighted by Crippen LogP contribution is 2.09. The molecule has 8 N–H and O–H groups in total. The zero-order valence-electron chi connectivity index (χ0n) is 19.0. The van der Waals surface area contributed by atoms with Gasteiger partial charge in [0.1, 0.15) is 24.2 Å². The van der Waals surface area contributed by atoms with Gasteiger partial charge in [-0.15, -0.1) is 0 Å². The van der Waals surface area contributed by atoms with Crippen LogP contribution >= 0.6 is 0 Å². The number of carbonyl (C=O) groups excluding carboxylic acids is 3. The van der Waals surface area contributed by atoms with E-state index in [4.69, 9.17) is 10.8 Å². The largest absolute Gasteiger partial charge is 0.480 e. The van der Waals surface area contributed by atoms with Gasteiger partial charge in [-0.3, -0.25) is 14.4 Å². The van der Waals surface area contributed by atoms with Crippen molar-refractivity contribution in [3.8, 4) is 0 Å². The Morgan fingerprint density at radius 2 is 1.48 bits per heavy atom. The molecule has 184 valence electrons. The smallest absolute Gasteiger partial charge is 0.326 e. The van der Waals surface area contributed by atoms with Crippen LogP contribution in [-0.4, -0.2) is 75.9 Å². The molecular formula is C22H34N4O7. The molecule has 11 nitrogen and oxygen atoms in total. The van der Waals surface area contributed by atoms with Gasteiger partial charge in [-0.2, -0.15) is 0 Å². The number of hydrogen-bond acceptors (Lipinski definition) is 7. The summed E-state index contributed by atoms with van der Waals surface area (Å²) in [6.07, 6.45) is -1.09. The fraction of sp³-hybridized carbons (Fsp3) is 0.545. The summed E-state index contributed by atoms with van der Waals surface area (Å²) in [5.74, 6) is -3.67. The summed E-state index contributed by atoms with van der Waals surface area (Å²) in [5.41, 5.74) is 6.15. The lowest BCUT2D eigenvalue weighted by Gasteiger charge is -2.27. The number of nitrogens with two attached hydrogens (primary N) is 1. The van der Waals surface area contributed by atoms with Gasteiger partial charge >= 0.3 is 5.97 Å². The van der Waals surface area contributed by atoms with Crippen LogP contribution in [0.4, 0.5) is 0 Å². The molecule has 5 atom stereocenters. The standard InChI is InChI=1S/C22H34N4O7/c1-12(2)9-16(24-21(31)18(13(3)28)26-19(29)15(23)11-27)20(30)25-17(22(32)33)10-14-7-5-4-6-8-14/h4-8,12-13,15-18,27-28H,9-11,23H2,1-3H3,(H,24,31)(H,25,30)(H,26,29)(H,32,33). The Balaban J connectivity index is 2.97. The Hall–Kier alpha value is -3.02. The van der Waals surface area contributed by atoms with Crippen LogP contribution in [0.15, 0.2) is 30.3 Å². The summed E-state index contributed by atoms with van der Waals surface area (Å²) < 4.78 is 0. The third-order valence-corrected chi connectivity index (χ3v) is 4.83. The molecular weight excluding hydrogens is 432 g/mol. The number of aliphatic hydroxyl groups is 2. The number of rotatable bonds is 13. The van der Waals surface area contributed by atoms with Crippen LogP contribution in [0.1, 0.15) is 32.8 Å². The number of amides is 3. The molecule has 1 rings (SSSR count). The van der Waals surface area contributed by atoms with Crippen molar-refractivity contribution in [2.45, 2.75) is 63.9 Å². The lowest BCUT2D eigenvalue weighted by Crippen LogP contribution is -2.60. The highest BCUT2D eigenvalue weighted by molar-refractivity contribution is 5.94. The van der Waals surface area contributed by atoms with Gasteiger partial charge in [0.25, 0.3) is 0 Å². The predicted octanol–water partition coefficient (Wildman–Crippen LogP) is -1.49. The fourth-order valence-electron chi connectivity index (χ4n) is 3.04. The molecule has 0 aliphatic rings. The average Bonchev–Trinajstić information content (AvgIpc) is 2.75. The quantitative estimate of drug-likeness (QED) is 0.183. The highest BCUT2D eigenvalue weighted by atomic mass is 16.4. The summed E-state index contributed by atoms with van der Waals surface area (Å²) >= 11 is 0. The van der Waals surface area contributed by atoms with E-state index in [0.29, 0.717) is 5.56 Å². The molecule has 3 amide bonds. The number of aliphatic carboxylic acids is 1. The number of carbonyl (C=O) groups is 4. The van der Waals surface area contributed by atoms with Gasteiger partial charge in [-0.05, 0) is 24.8 Å². The summed E-state index contributed by atoms with van der Waals surface area (Å²) in [7, 11) is 0. The lowest BCUT2D eigenvalue weighted by molar-refractivity contribution is -0.142. The van der Waals surface area contributed by atoms with Crippen LogP contribution in [0, 0.1) is 5.92 Å². The Morgan fingerprint density at radius 3 is 1.97 bits per heavy atom. The second kappa shape index (κ2) is 13.5. The van der Waals surface area contributed by atoms with Crippen molar-refractivity contribution in [2.75, 3.05) is 6.61 Å². The summed E-state index contributed by atoms with van der Waals surface area (Å²) in [5, 5.41) is 35.7. The highest BCUT2D eigenvalue weighted by Gasteiger charge is 2.32.